The molecule has 17 heavy (non-hydrogen) atoms. The van der Waals surface area contributed by atoms with Gasteiger partial charge in [0, 0.05) is 26.2 Å². The quantitative estimate of drug-likeness (QED) is 0.806. The van der Waals surface area contributed by atoms with Crippen LogP contribution in [0.4, 0.5) is 0 Å². The molecule has 0 radical (unpaired) electrons. The molecule has 2 heterocycles. The van der Waals surface area contributed by atoms with E-state index in [-0.39, 0.29) is 0 Å². The largest absolute Gasteiger partial charge is 0.380 e. The SMILES string of the molecule is COC1CCCN(CC2NCC3CCCC32)C1. The molecule has 0 amide bonds. The molecule has 0 spiro atoms. The van der Waals surface area contributed by atoms with Gasteiger partial charge in [0.2, 0.25) is 0 Å². The van der Waals surface area contributed by atoms with Gasteiger partial charge in [-0.05, 0) is 50.6 Å². The highest BCUT2D eigenvalue weighted by atomic mass is 16.5. The van der Waals surface area contributed by atoms with Crippen molar-refractivity contribution in [2.45, 2.75) is 44.2 Å². The van der Waals surface area contributed by atoms with Gasteiger partial charge in [0.25, 0.3) is 0 Å². The van der Waals surface area contributed by atoms with Crippen LogP contribution in [0.2, 0.25) is 0 Å². The Morgan fingerprint density at radius 1 is 1.24 bits per heavy atom. The van der Waals surface area contributed by atoms with E-state index in [1.54, 1.807) is 0 Å². The van der Waals surface area contributed by atoms with Gasteiger partial charge < -0.3 is 10.1 Å². The van der Waals surface area contributed by atoms with Crippen LogP contribution in [0, 0.1) is 11.8 Å². The number of methoxy groups -OCH3 is 1. The Balaban J connectivity index is 1.52. The molecule has 2 saturated heterocycles. The van der Waals surface area contributed by atoms with Gasteiger partial charge in [0.05, 0.1) is 6.10 Å². The highest BCUT2D eigenvalue weighted by Crippen LogP contribution is 2.38. The van der Waals surface area contributed by atoms with Crippen molar-refractivity contribution in [3.05, 3.63) is 0 Å². The highest BCUT2D eigenvalue weighted by molar-refractivity contribution is 4.95. The number of likely N-dealkylation sites (tertiary alicyclic amines) is 1. The first-order valence-corrected chi connectivity index (χ1v) is 7.35. The molecule has 2 aliphatic heterocycles. The second-order valence-electron chi connectivity index (χ2n) is 6.13. The predicted molar refractivity (Wildman–Crippen MR) is 69.1 cm³/mol. The Bertz CT molecular complexity index is 259. The maximum Gasteiger partial charge on any atom is 0.0698 e. The summed E-state index contributed by atoms with van der Waals surface area (Å²) in [6.07, 6.45) is 7.42. The van der Waals surface area contributed by atoms with Crippen LogP contribution < -0.4 is 5.32 Å². The fourth-order valence-corrected chi connectivity index (χ4v) is 4.15. The monoisotopic (exact) mass is 238 g/mol. The minimum absolute atomic E-state index is 0.476. The fourth-order valence-electron chi connectivity index (χ4n) is 4.15. The van der Waals surface area contributed by atoms with E-state index in [1.807, 2.05) is 7.11 Å². The summed E-state index contributed by atoms with van der Waals surface area (Å²) in [6.45, 7) is 4.94. The molecule has 3 rings (SSSR count). The summed E-state index contributed by atoms with van der Waals surface area (Å²) >= 11 is 0. The second-order valence-corrected chi connectivity index (χ2v) is 6.13. The molecule has 3 nitrogen and oxygen atoms in total. The molecular weight excluding hydrogens is 212 g/mol. The summed E-state index contributed by atoms with van der Waals surface area (Å²) in [6, 6.07) is 0.762. The number of piperidine rings is 1. The van der Waals surface area contributed by atoms with Crippen molar-refractivity contribution in [2.75, 3.05) is 33.3 Å². The molecule has 98 valence electrons. The van der Waals surface area contributed by atoms with E-state index in [4.69, 9.17) is 4.74 Å². The Hall–Kier alpha value is -0.120. The average molecular weight is 238 g/mol. The van der Waals surface area contributed by atoms with Crippen LogP contribution in [-0.2, 0) is 4.74 Å². The van der Waals surface area contributed by atoms with Gasteiger partial charge in [0.15, 0.2) is 0 Å². The molecule has 4 unspecified atom stereocenters. The number of rotatable bonds is 3. The summed E-state index contributed by atoms with van der Waals surface area (Å²) in [5, 5.41) is 3.76. The van der Waals surface area contributed by atoms with Crippen LogP contribution in [0.5, 0.6) is 0 Å². The van der Waals surface area contributed by atoms with Crippen LogP contribution in [-0.4, -0.2) is 50.3 Å². The van der Waals surface area contributed by atoms with Gasteiger partial charge in [-0.3, -0.25) is 4.90 Å². The molecule has 3 aliphatic rings. The zero-order chi connectivity index (χ0) is 11.7. The predicted octanol–water partition coefficient (Wildman–Crippen LogP) is 1.49. The number of hydrogen-bond acceptors (Lipinski definition) is 3. The topological polar surface area (TPSA) is 24.5 Å². The second kappa shape index (κ2) is 5.25. The first kappa shape index (κ1) is 11.9. The van der Waals surface area contributed by atoms with Crippen molar-refractivity contribution in [3.63, 3.8) is 0 Å². The van der Waals surface area contributed by atoms with Gasteiger partial charge in [0.1, 0.15) is 0 Å². The number of nitrogens with one attached hydrogen (secondary N) is 1. The van der Waals surface area contributed by atoms with Crippen LogP contribution in [0.1, 0.15) is 32.1 Å². The molecular formula is C14H26N2O. The summed E-state index contributed by atoms with van der Waals surface area (Å²) in [7, 11) is 1.86. The maximum atomic E-state index is 5.51. The van der Waals surface area contributed by atoms with Crippen LogP contribution in [0.15, 0.2) is 0 Å². The maximum absolute atomic E-state index is 5.51. The van der Waals surface area contributed by atoms with E-state index in [9.17, 15) is 0 Å². The summed E-state index contributed by atoms with van der Waals surface area (Å²) < 4.78 is 5.51. The van der Waals surface area contributed by atoms with Crippen molar-refractivity contribution < 1.29 is 4.74 Å². The lowest BCUT2D eigenvalue weighted by atomic mass is 9.93. The van der Waals surface area contributed by atoms with Gasteiger partial charge >= 0.3 is 0 Å². The number of hydrogen-bond donors (Lipinski definition) is 1. The summed E-state index contributed by atoms with van der Waals surface area (Å²) in [4.78, 5) is 2.62. The van der Waals surface area contributed by atoms with E-state index < -0.39 is 0 Å². The van der Waals surface area contributed by atoms with Crippen molar-refractivity contribution >= 4 is 0 Å². The Morgan fingerprint density at radius 2 is 2.18 bits per heavy atom. The van der Waals surface area contributed by atoms with E-state index in [1.165, 1.54) is 51.7 Å². The first-order valence-electron chi connectivity index (χ1n) is 7.35. The lowest BCUT2D eigenvalue weighted by Gasteiger charge is -2.34. The molecule has 0 aromatic rings. The number of ether oxygens (including phenoxy) is 1. The van der Waals surface area contributed by atoms with Gasteiger partial charge in [-0.2, -0.15) is 0 Å². The Morgan fingerprint density at radius 3 is 3.06 bits per heavy atom. The smallest absolute Gasteiger partial charge is 0.0698 e. The summed E-state index contributed by atoms with van der Waals surface area (Å²) in [5.41, 5.74) is 0. The van der Waals surface area contributed by atoms with E-state index in [0.717, 1.165) is 24.4 Å². The minimum Gasteiger partial charge on any atom is -0.380 e. The van der Waals surface area contributed by atoms with E-state index in [0.29, 0.717) is 6.10 Å². The zero-order valence-corrected chi connectivity index (χ0v) is 11.0. The molecule has 1 saturated carbocycles. The number of nitrogens with zero attached hydrogens (tertiary/aromatic N) is 1. The van der Waals surface area contributed by atoms with Gasteiger partial charge in [-0.15, -0.1) is 0 Å². The van der Waals surface area contributed by atoms with E-state index in [2.05, 4.69) is 10.2 Å². The molecule has 0 bridgehead atoms. The molecule has 1 N–H and O–H groups in total. The molecule has 4 atom stereocenters. The van der Waals surface area contributed by atoms with Crippen LogP contribution in [0.25, 0.3) is 0 Å². The normalized spacial score (nSPS) is 42.9. The molecule has 0 aromatic heterocycles. The molecule has 0 aromatic carbocycles. The van der Waals surface area contributed by atoms with Crippen molar-refractivity contribution in [1.82, 2.24) is 10.2 Å². The summed E-state index contributed by atoms with van der Waals surface area (Å²) in [5.74, 6) is 1.96. The van der Waals surface area contributed by atoms with Crippen LogP contribution >= 0.6 is 0 Å². The average Bonchev–Trinajstić information content (AvgIpc) is 2.94. The van der Waals surface area contributed by atoms with Crippen LogP contribution in [0.3, 0.4) is 0 Å². The third kappa shape index (κ3) is 2.51. The Labute approximate surface area is 105 Å². The third-order valence-electron chi connectivity index (χ3n) is 5.13. The highest BCUT2D eigenvalue weighted by Gasteiger charge is 2.39. The van der Waals surface area contributed by atoms with Crippen molar-refractivity contribution in [3.8, 4) is 0 Å². The van der Waals surface area contributed by atoms with Crippen molar-refractivity contribution in [2.24, 2.45) is 11.8 Å². The minimum atomic E-state index is 0.476. The Kier molecular flexibility index (Phi) is 3.69. The number of fused-ring (bicyclic) bond motifs is 1. The van der Waals surface area contributed by atoms with E-state index >= 15 is 0 Å². The fraction of sp³-hybridized carbons (Fsp3) is 1.00. The first-order chi connectivity index (χ1) is 8.36. The molecule has 3 fully saturated rings. The standard InChI is InChI=1S/C14H26N2O/c1-17-12-5-3-7-16(9-12)10-14-13-6-2-4-11(13)8-15-14/h11-15H,2-10H2,1H3. The third-order valence-corrected chi connectivity index (χ3v) is 5.13. The van der Waals surface area contributed by atoms with Crippen molar-refractivity contribution in [1.29, 1.82) is 0 Å². The van der Waals surface area contributed by atoms with Gasteiger partial charge in [-0.1, -0.05) is 6.42 Å². The molecule has 3 heteroatoms. The lowest BCUT2D eigenvalue weighted by molar-refractivity contribution is 0.0269. The van der Waals surface area contributed by atoms with Gasteiger partial charge in [-0.25, -0.2) is 0 Å². The molecule has 1 aliphatic carbocycles. The zero-order valence-electron chi connectivity index (χ0n) is 11.0. The lowest BCUT2D eigenvalue weighted by Crippen LogP contribution is -2.46.